The Morgan fingerprint density at radius 1 is 1.15 bits per heavy atom. The number of esters is 1. The molecule has 0 N–H and O–H groups in total. The molecule has 0 amide bonds. The van der Waals surface area contributed by atoms with Crippen LogP contribution in [0.2, 0.25) is 5.02 Å². The van der Waals surface area contributed by atoms with Crippen LogP contribution in [-0.2, 0) is 22.7 Å². The van der Waals surface area contributed by atoms with Gasteiger partial charge in [-0.3, -0.25) is 0 Å². The number of aromatic nitrogens is 6. The SMILES string of the molecule is O=C(Cn1nnc(-c2ccc(Cl)cc2)n1)OCc1nnc(-c2ccco2)o1. The summed E-state index contributed by atoms with van der Waals surface area (Å²) in [7, 11) is 0. The van der Waals surface area contributed by atoms with E-state index in [2.05, 4.69) is 25.6 Å². The van der Waals surface area contributed by atoms with E-state index in [0.29, 0.717) is 16.6 Å². The van der Waals surface area contributed by atoms with E-state index in [4.69, 9.17) is 25.2 Å². The number of hydrogen-bond acceptors (Lipinski definition) is 9. The standard InChI is InChI=1S/C16H11ClN6O4/c17-11-5-3-10(4-6-11)15-19-22-23(21-15)8-14(24)26-9-13-18-20-16(27-13)12-2-1-7-25-12/h1-7H,8-9H2. The number of hydrogen-bond donors (Lipinski definition) is 0. The van der Waals surface area contributed by atoms with Crippen molar-refractivity contribution in [1.82, 2.24) is 30.4 Å². The molecule has 136 valence electrons. The van der Waals surface area contributed by atoms with Gasteiger partial charge in [-0.25, -0.2) is 4.79 Å². The third-order valence-electron chi connectivity index (χ3n) is 3.38. The van der Waals surface area contributed by atoms with E-state index in [-0.39, 0.29) is 24.9 Å². The number of benzene rings is 1. The van der Waals surface area contributed by atoms with Crippen LogP contribution >= 0.6 is 11.6 Å². The Kier molecular flexibility index (Phi) is 4.62. The van der Waals surface area contributed by atoms with Crippen LogP contribution in [0, 0.1) is 0 Å². The molecule has 3 heterocycles. The maximum atomic E-state index is 11.9. The summed E-state index contributed by atoms with van der Waals surface area (Å²) in [4.78, 5) is 13.1. The molecule has 4 rings (SSSR count). The largest absolute Gasteiger partial charge is 0.459 e. The Bertz CT molecular complexity index is 1040. The third-order valence-corrected chi connectivity index (χ3v) is 3.63. The molecular formula is C16H11ClN6O4. The van der Waals surface area contributed by atoms with Gasteiger partial charge in [0.1, 0.15) is 0 Å². The zero-order valence-electron chi connectivity index (χ0n) is 13.6. The van der Waals surface area contributed by atoms with E-state index >= 15 is 0 Å². The summed E-state index contributed by atoms with van der Waals surface area (Å²) in [5.74, 6) is 0.577. The van der Waals surface area contributed by atoms with Gasteiger partial charge in [0.2, 0.25) is 5.82 Å². The fourth-order valence-corrected chi connectivity index (χ4v) is 2.27. The quantitative estimate of drug-likeness (QED) is 0.459. The molecule has 0 aliphatic carbocycles. The molecule has 0 fully saturated rings. The molecular weight excluding hydrogens is 376 g/mol. The zero-order chi connectivity index (χ0) is 18.6. The van der Waals surface area contributed by atoms with E-state index in [1.807, 2.05) is 0 Å². The number of halogens is 1. The Labute approximate surface area is 156 Å². The van der Waals surface area contributed by atoms with Crippen molar-refractivity contribution in [2.45, 2.75) is 13.2 Å². The highest BCUT2D eigenvalue weighted by molar-refractivity contribution is 6.30. The van der Waals surface area contributed by atoms with Gasteiger partial charge in [0.05, 0.1) is 6.26 Å². The molecule has 4 aromatic rings. The van der Waals surface area contributed by atoms with Crippen molar-refractivity contribution >= 4 is 17.6 Å². The summed E-state index contributed by atoms with van der Waals surface area (Å²) in [6.45, 7) is -0.384. The highest BCUT2D eigenvalue weighted by Gasteiger charge is 2.14. The van der Waals surface area contributed by atoms with Crippen LogP contribution in [0.1, 0.15) is 5.89 Å². The number of ether oxygens (including phenoxy) is 1. The summed E-state index contributed by atoms with van der Waals surface area (Å²) >= 11 is 5.84. The first-order valence-corrected chi connectivity index (χ1v) is 8.11. The zero-order valence-corrected chi connectivity index (χ0v) is 14.4. The van der Waals surface area contributed by atoms with Gasteiger partial charge >= 0.3 is 5.97 Å². The second-order valence-corrected chi connectivity index (χ2v) is 5.73. The van der Waals surface area contributed by atoms with E-state index in [1.54, 1.807) is 36.4 Å². The molecule has 11 heteroatoms. The predicted molar refractivity (Wildman–Crippen MR) is 90.1 cm³/mol. The van der Waals surface area contributed by atoms with Gasteiger partial charge in [-0.2, -0.15) is 4.80 Å². The Balaban J connectivity index is 1.33. The number of furan rings is 1. The minimum absolute atomic E-state index is 0.142. The first-order chi connectivity index (χ1) is 13.2. The molecule has 0 saturated carbocycles. The van der Waals surface area contributed by atoms with Crippen molar-refractivity contribution in [3.63, 3.8) is 0 Å². The van der Waals surface area contributed by atoms with Gasteiger partial charge in [-0.1, -0.05) is 11.6 Å². The Hall–Kier alpha value is -3.53. The van der Waals surface area contributed by atoms with Gasteiger partial charge in [0.25, 0.3) is 11.8 Å². The van der Waals surface area contributed by atoms with Gasteiger partial charge < -0.3 is 13.6 Å². The molecule has 10 nitrogen and oxygen atoms in total. The number of carbonyl (C=O) groups is 1. The first-order valence-electron chi connectivity index (χ1n) is 7.73. The van der Waals surface area contributed by atoms with Crippen LogP contribution in [-0.4, -0.2) is 36.4 Å². The molecule has 0 radical (unpaired) electrons. The molecule has 0 unspecified atom stereocenters. The normalized spacial score (nSPS) is 10.9. The molecule has 27 heavy (non-hydrogen) atoms. The topological polar surface area (TPSA) is 122 Å². The molecule has 0 bridgehead atoms. The molecule has 1 aromatic carbocycles. The van der Waals surface area contributed by atoms with Crippen LogP contribution in [0.25, 0.3) is 23.0 Å². The van der Waals surface area contributed by atoms with Crippen molar-refractivity contribution in [3.05, 3.63) is 53.6 Å². The third kappa shape index (κ3) is 4.01. The molecule has 0 aliphatic heterocycles. The second-order valence-electron chi connectivity index (χ2n) is 5.29. The van der Waals surface area contributed by atoms with Crippen molar-refractivity contribution in [2.24, 2.45) is 0 Å². The lowest BCUT2D eigenvalue weighted by molar-refractivity contribution is -0.146. The molecule has 0 aliphatic rings. The minimum atomic E-state index is -0.576. The first kappa shape index (κ1) is 16.9. The van der Waals surface area contributed by atoms with Crippen molar-refractivity contribution in [2.75, 3.05) is 0 Å². The maximum absolute atomic E-state index is 11.9. The second kappa shape index (κ2) is 7.38. The monoisotopic (exact) mass is 386 g/mol. The molecule has 3 aromatic heterocycles. The van der Waals surface area contributed by atoms with Crippen LogP contribution in [0.15, 0.2) is 51.5 Å². The van der Waals surface area contributed by atoms with Crippen molar-refractivity contribution in [1.29, 1.82) is 0 Å². The predicted octanol–water partition coefficient (Wildman–Crippen LogP) is 2.38. The van der Waals surface area contributed by atoms with Crippen LogP contribution in [0.4, 0.5) is 0 Å². The van der Waals surface area contributed by atoms with Gasteiger partial charge in [0.15, 0.2) is 18.9 Å². The number of rotatable bonds is 6. The van der Waals surface area contributed by atoms with Gasteiger partial charge in [-0.15, -0.1) is 20.4 Å². The number of nitrogens with zero attached hydrogens (tertiary/aromatic N) is 6. The lowest BCUT2D eigenvalue weighted by Crippen LogP contribution is -2.15. The van der Waals surface area contributed by atoms with Gasteiger partial charge in [0, 0.05) is 10.6 Å². The summed E-state index contributed by atoms with van der Waals surface area (Å²) in [5, 5.41) is 20.1. The lowest BCUT2D eigenvalue weighted by atomic mass is 10.2. The summed E-state index contributed by atoms with van der Waals surface area (Å²) in [6, 6.07) is 10.3. The highest BCUT2D eigenvalue weighted by Crippen LogP contribution is 2.18. The number of tetrazole rings is 1. The van der Waals surface area contributed by atoms with E-state index in [1.165, 1.54) is 6.26 Å². The van der Waals surface area contributed by atoms with Crippen LogP contribution < -0.4 is 0 Å². The fraction of sp³-hybridized carbons (Fsp3) is 0.125. The van der Waals surface area contributed by atoms with E-state index < -0.39 is 5.97 Å². The van der Waals surface area contributed by atoms with Crippen molar-refractivity contribution < 1.29 is 18.4 Å². The van der Waals surface area contributed by atoms with E-state index in [0.717, 1.165) is 10.4 Å². The van der Waals surface area contributed by atoms with Crippen molar-refractivity contribution in [3.8, 4) is 23.0 Å². The summed E-state index contributed by atoms with van der Waals surface area (Å²) < 4.78 is 15.6. The highest BCUT2D eigenvalue weighted by atomic mass is 35.5. The maximum Gasteiger partial charge on any atom is 0.330 e. The molecule has 0 saturated heterocycles. The summed E-state index contributed by atoms with van der Waals surface area (Å²) in [6.07, 6.45) is 1.49. The Morgan fingerprint density at radius 3 is 2.78 bits per heavy atom. The molecule has 0 spiro atoms. The van der Waals surface area contributed by atoms with Crippen LogP contribution in [0.5, 0.6) is 0 Å². The average Bonchev–Trinajstić information content (AvgIpc) is 3.42. The van der Waals surface area contributed by atoms with Crippen LogP contribution in [0.3, 0.4) is 0 Å². The smallest absolute Gasteiger partial charge is 0.330 e. The minimum Gasteiger partial charge on any atom is -0.459 e. The number of carbonyl (C=O) groups excluding carboxylic acids is 1. The van der Waals surface area contributed by atoms with Gasteiger partial charge in [-0.05, 0) is 41.6 Å². The lowest BCUT2D eigenvalue weighted by Gasteiger charge is -2.00. The van der Waals surface area contributed by atoms with E-state index in [9.17, 15) is 4.79 Å². The fourth-order valence-electron chi connectivity index (χ4n) is 2.14. The molecule has 0 atom stereocenters. The Morgan fingerprint density at radius 2 is 2.00 bits per heavy atom. The average molecular weight is 387 g/mol. The summed E-state index contributed by atoms with van der Waals surface area (Å²) in [5.41, 5.74) is 0.732.